The zero-order valence-electron chi connectivity index (χ0n) is 8.66. The van der Waals surface area contributed by atoms with Crippen molar-refractivity contribution < 1.29 is 9.53 Å². The lowest BCUT2D eigenvalue weighted by molar-refractivity contribution is -0.139. The van der Waals surface area contributed by atoms with E-state index in [1.54, 1.807) is 6.92 Å². The quantitative estimate of drug-likeness (QED) is 0.453. The Labute approximate surface area is 98.8 Å². The van der Waals surface area contributed by atoms with E-state index in [1.807, 2.05) is 40.8 Å². The summed E-state index contributed by atoms with van der Waals surface area (Å²) in [5, 5.41) is 0. The van der Waals surface area contributed by atoms with E-state index in [0.717, 1.165) is 0 Å². The molecular weight excluding hydrogens is 291 g/mol. The minimum Gasteiger partial charge on any atom is -0.468 e. The zero-order valence-corrected chi connectivity index (χ0v) is 10.8. The summed E-state index contributed by atoms with van der Waals surface area (Å²) in [4.78, 5) is 10.3. The Kier molecular flexibility index (Phi) is 7.47. The molecule has 1 atom stereocenters. The Morgan fingerprint density at radius 3 is 2.00 bits per heavy atom. The van der Waals surface area contributed by atoms with Gasteiger partial charge in [-0.2, -0.15) is 0 Å². The number of ether oxygens (including phenoxy) is 1. The summed E-state index contributed by atoms with van der Waals surface area (Å²) in [6, 6.07) is 10.3. The highest BCUT2D eigenvalue weighted by Crippen LogP contribution is 1.98. The molecule has 0 aliphatic carbocycles. The van der Waals surface area contributed by atoms with E-state index in [0.29, 0.717) is 0 Å². The monoisotopic (exact) mass is 306 g/mol. The van der Waals surface area contributed by atoms with E-state index in [2.05, 4.69) is 23.8 Å². The molecule has 78 valence electrons. The molecule has 0 amide bonds. The van der Waals surface area contributed by atoms with Crippen LogP contribution in [0.2, 0.25) is 0 Å². The number of hydrogen-bond acceptors (Lipinski definition) is 2. The summed E-state index contributed by atoms with van der Waals surface area (Å²) in [6.45, 7) is 3.87. The van der Waals surface area contributed by atoms with Crippen LogP contribution in [-0.2, 0) is 9.53 Å². The molecular formula is C11H15IO2. The van der Waals surface area contributed by atoms with E-state index < -0.39 is 0 Å². The number of halogens is 1. The van der Waals surface area contributed by atoms with Crippen LogP contribution in [-0.4, -0.2) is 17.0 Å². The molecule has 0 saturated heterocycles. The predicted octanol–water partition coefficient (Wildman–Crippen LogP) is 2.98. The number of esters is 1. The molecule has 0 fully saturated rings. The number of carbonyl (C=O) groups is 1. The molecule has 3 heteroatoms. The van der Waals surface area contributed by atoms with Crippen molar-refractivity contribution in [3.8, 4) is 0 Å². The first-order chi connectivity index (χ1) is 6.57. The second kappa shape index (κ2) is 7.79. The van der Waals surface area contributed by atoms with Gasteiger partial charge in [0.25, 0.3) is 0 Å². The second-order valence-corrected chi connectivity index (χ2v) is 4.66. The van der Waals surface area contributed by atoms with E-state index in [1.165, 1.54) is 12.7 Å². The molecule has 0 aromatic heterocycles. The van der Waals surface area contributed by atoms with E-state index in [4.69, 9.17) is 0 Å². The van der Waals surface area contributed by atoms with Gasteiger partial charge in [0.2, 0.25) is 0 Å². The van der Waals surface area contributed by atoms with Gasteiger partial charge in [-0.25, -0.2) is 0 Å². The molecule has 0 N–H and O–H groups in total. The van der Waals surface area contributed by atoms with Crippen molar-refractivity contribution in [1.82, 2.24) is 0 Å². The smallest absolute Gasteiger partial charge is 0.318 e. The average molecular weight is 306 g/mol. The molecule has 0 radical (unpaired) electrons. The van der Waals surface area contributed by atoms with Crippen molar-refractivity contribution in [2.24, 2.45) is 0 Å². The molecule has 1 aromatic carbocycles. The average Bonchev–Trinajstić information content (AvgIpc) is 2.18. The van der Waals surface area contributed by atoms with Gasteiger partial charge in [0.15, 0.2) is 0 Å². The Balaban J connectivity index is 0.000000241. The molecule has 1 aromatic rings. The van der Waals surface area contributed by atoms with E-state index >= 15 is 0 Å². The number of methoxy groups -OCH3 is 1. The van der Waals surface area contributed by atoms with Crippen molar-refractivity contribution in [2.75, 3.05) is 7.11 Å². The highest BCUT2D eigenvalue weighted by molar-refractivity contribution is 14.1. The Morgan fingerprint density at radius 2 is 1.86 bits per heavy atom. The van der Waals surface area contributed by atoms with Gasteiger partial charge in [-0.3, -0.25) is 4.79 Å². The van der Waals surface area contributed by atoms with Crippen LogP contribution in [0.25, 0.3) is 0 Å². The van der Waals surface area contributed by atoms with Gasteiger partial charge in [-0.05, 0) is 13.8 Å². The van der Waals surface area contributed by atoms with Crippen LogP contribution >= 0.6 is 22.6 Å². The number of aryl methyl sites for hydroxylation is 1. The van der Waals surface area contributed by atoms with Crippen molar-refractivity contribution in [3.63, 3.8) is 0 Å². The fourth-order valence-corrected chi connectivity index (χ4v) is 0.951. The molecule has 0 heterocycles. The Hall–Kier alpha value is -0.580. The summed E-state index contributed by atoms with van der Waals surface area (Å²) in [5.41, 5.74) is 1.32. The van der Waals surface area contributed by atoms with Gasteiger partial charge in [0.05, 0.1) is 7.11 Å². The predicted molar refractivity (Wildman–Crippen MR) is 66.7 cm³/mol. The topological polar surface area (TPSA) is 26.3 Å². The molecule has 1 unspecified atom stereocenters. The van der Waals surface area contributed by atoms with Crippen molar-refractivity contribution in [3.05, 3.63) is 35.9 Å². The zero-order chi connectivity index (χ0) is 11.0. The maximum absolute atomic E-state index is 10.3. The summed E-state index contributed by atoms with van der Waals surface area (Å²) in [5.74, 6) is -0.166. The third-order valence-electron chi connectivity index (χ3n) is 1.47. The second-order valence-electron chi connectivity index (χ2n) is 2.79. The Morgan fingerprint density at radius 1 is 1.36 bits per heavy atom. The van der Waals surface area contributed by atoms with Gasteiger partial charge < -0.3 is 4.74 Å². The molecule has 0 aliphatic rings. The molecule has 0 aliphatic heterocycles. The van der Waals surface area contributed by atoms with Crippen LogP contribution in [0.1, 0.15) is 12.5 Å². The summed E-state index contributed by atoms with van der Waals surface area (Å²) in [6.07, 6.45) is 0. The maximum Gasteiger partial charge on any atom is 0.318 e. The van der Waals surface area contributed by atoms with E-state index in [-0.39, 0.29) is 9.89 Å². The first-order valence-corrected chi connectivity index (χ1v) is 5.56. The van der Waals surface area contributed by atoms with E-state index in [9.17, 15) is 4.79 Å². The number of rotatable bonds is 1. The highest BCUT2D eigenvalue weighted by atomic mass is 127. The number of alkyl halides is 1. The van der Waals surface area contributed by atoms with Gasteiger partial charge in [-0.15, -0.1) is 0 Å². The fourth-order valence-electron chi connectivity index (χ4n) is 0.697. The van der Waals surface area contributed by atoms with Crippen LogP contribution in [0.15, 0.2) is 30.3 Å². The molecule has 0 saturated carbocycles. The lowest BCUT2D eigenvalue weighted by atomic mass is 10.2. The SMILES string of the molecule is COC(=O)C(C)I.Cc1ccccc1. The maximum atomic E-state index is 10.3. The molecule has 0 spiro atoms. The highest BCUT2D eigenvalue weighted by Gasteiger charge is 2.05. The number of benzene rings is 1. The van der Waals surface area contributed by atoms with Gasteiger partial charge in [0.1, 0.15) is 3.92 Å². The van der Waals surface area contributed by atoms with Crippen LogP contribution < -0.4 is 0 Å². The molecule has 1 rings (SSSR count). The summed E-state index contributed by atoms with van der Waals surface area (Å²) < 4.78 is 4.34. The largest absolute Gasteiger partial charge is 0.468 e. The van der Waals surface area contributed by atoms with Crippen LogP contribution in [0.4, 0.5) is 0 Å². The standard InChI is InChI=1S/C7H8.C4H7IO2/c1-7-5-3-2-4-6-7;1-3(5)4(6)7-2/h2-6H,1H3;3H,1-2H3. The summed E-state index contributed by atoms with van der Waals surface area (Å²) in [7, 11) is 1.39. The van der Waals surface area contributed by atoms with Crippen molar-refractivity contribution in [2.45, 2.75) is 17.8 Å². The molecule has 2 nitrogen and oxygen atoms in total. The van der Waals surface area contributed by atoms with Crippen molar-refractivity contribution >= 4 is 28.6 Å². The fraction of sp³-hybridized carbons (Fsp3) is 0.364. The number of hydrogen-bond donors (Lipinski definition) is 0. The normalized spacial score (nSPS) is 10.9. The van der Waals surface area contributed by atoms with Gasteiger partial charge in [0, 0.05) is 0 Å². The number of carbonyl (C=O) groups excluding carboxylic acids is 1. The minimum atomic E-state index is -0.166. The summed E-state index contributed by atoms with van der Waals surface area (Å²) >= 11 is 1.99. The van der Waals surface area contributed by atoms with Gasteiger partial charge >= 0.3 is 5.97 Å². The lowest BCUT2D eigenvalue weighted by Gasteiger charge is -1.96. The molecule has 14 heavy (non-hydrogen) atoms. The lowest BCUT2D eigenvalue weighted by Crippen LogP contribution is -2.10. The van der Waals surface area contributed by atoms with Gasteiger partial charge in [-0.1, -0.05) is 58.5 Å². The first-order valence-electron chi connectivity index (χ1n) is 4.31. The minimum absolute atomic E-state index is 0.0254. The van der Waals surface area contributed by atoms with Crippen molar-refractivity contribution in [1.29, 1.82) is 0 Å². The van der Waals surface area contributed by atoms with Crippen LogP contribution in [0.3, 0.4) is 0 Å². The van der Waals surface area contributed by atoms with Crippen LogP contribution in [0.5, 0.6) is 0 Å². The first kappa shape index (κ1) is 13.4. The molecule has 0 bridgehead atoms. The third kappa shape index (κ3) is 6.88. The Bertz CT molecular complexity index is 257. The van der Waals surface area contributed by atoms with Crippen LogP contribution in [0, 0.1) is 6.92 Å². The third-order valence-corrected chi connectivity index (χ3v) is 1.97.